The number of thioether (sulfide) groups is 1. The van der Waals surface area contributed by atoms with Crippen molar-refractivity contribution >= 4 is 40.8 Å². The van der Waals surface area contributed by atoms with E-state index in [1.54, 1.807) is 35.2 Å². The Morgan fingerprint density at radius 1 is 1.00 bits per heavy atom. The van der Waals surface area contributed by atoms with Crippen molar-refractivity contribution in [2.75, 3.05) is 18.2 Å². The van der Waals surface area contributed by atoms with E-state index in [2.05, 4.69) is 27.8 Å². The number of methoxy groups -OCH3 is 1. The fourth-order valence-corrected chi connectivity index (χ4v) is 7.08. The summed E-state index contributed by atoms with van der Waals surface area (Å²) >= 11 is 3.15. The van der Waals surface area contributed by atoms with Gasteiger partial charge in [-0.05, 0) is 35.7 Å². The van der Waals surface area contributed by atoms with Crippen LogP contribution in [0.3, 0.4) is 0 Å². The standard InChI is InChI=1S/C33H36N4O6S2/c1-20-28(19-44-33-37-36-21(2)45-33)42-31(43-29(20)24-14-12-23(18-38)13-15-24)25-10-7-11-26(17-25)34-32(40)35-27(30(39)41-3)16-22-8-5-4-6-9-22/h4-15,17,20,27-29,31,38H,16,18-19H2,1-3H3,(H2,34,35,40)/t20-,27-,28+,29+,31+/m0/s1. The highest BCUT2D eigenvalue weighted by atomic mass is 32.2. The maximum absolute atomic E-state index is 13.0. The predicted octanol–water partition coefficient (Wildman–Crippen LogP) is 5.83. The molecule has 45 heavy (non-hydrogen) atoms. The van der Waals surface area contributed by atoms with Crippen LogP contribution < -0.4 is 10.6 Å². The minimum atomic E-state index is -0.861. The molecule has 236 valence electrons. The number of hydrogen-bond donors (Lipinski definition) is 3. The van der Waals surface area contributed by atoms with Gasteiger partial charge in [0.2, 0.25) is 0 Å². The van der Waals surface area contributed by atoms with Crippen molar-refractivity contribution in [3.05, 3.63) is 106 Å². The molecule has 5 rings (SSSR count). The summed E-state index contributed by atoms with van der Waals surface area (Å²) in [5.41, 5.74) is 3.94. The second kappa shape index (κ2) is 15.5. The summed E-state index contributed by atoms with van der Waals surface area (Å²) < 4.78 is 18.9. The van der Waals surface area contributed by atoms with E-state index in [0.717, 1.165) is 31.6 Å². The maximum Gasteiger partial charge on any atom is 0.328 e. The van der Waals surface area contributed by atoms with Gasteiger partial charge in [-0.15, -0.1) is 10.2 Å². The van der Waals surface area contributed by atoms with Gasteiger partial charge in [0, 0.05) is 29.3 Å². The van der Waals surface area contributed by atoms with Crippen LogP contribution in [0.4, 0.5) is 10.5 Å². The molecule has 2 heterocycles. The van der Waals surface area contributed by atoms with Crippen LogP contribution in [0.2, 0.25) is 0 Å². The van der Waals surface area contributed by atoms with E-state index in [4.69, 9.17) is 14.2 Å². The number of aryl methyl sites for hydroxylation is 1. The number of ether oxygens (including phenoxy) is 3. The molecule has 1 aliphatic rings. The topological polar surface area (TPSA) is 132 Å². The molecule has 3 N–H and O–H groups in total. The number of urea groups is 1. The number of esters is 1. The lowest BCUT2D eigenvalue weighted by Crippen LogP contribution is -2.45. The minimum absolute atomic E-state index is 0.00898. The molecule has 1 saturated heterocycles. The van der Waals surface area contributed by atoms with Gasteiger partial charge in [-0.1, -0.05) is 96.8 Å². The van der Waals surface area contributed by atoms with Crippen LogP contribution in [0.5, 0.6) is 0 Å². The molecule has 4 aromatic rings. The molecular weight excluding hydrogens is 613 g/mol. The molecule has 1 aromatic heterocycles. The number of carbonyl (C=O) groups excluding carboxylic acids is 2. The minimum Gasteiger partial charge on any atom is -0.467 e. The highest BCUT2D eigenvalue weighted by Gasteiger charge is 2.38. The Balaban J connectivity index is 1.32. The molecule has 0 unspecified atom stereocenters. The van der Waals surface area contributed by atoms with E-state index in [9.17, 15) is 14.7 Å². The van der Waals surface area contributed by atoms with Crippen molar-refractivity contribution in [1.82, 2.24) is 15.5 Å². The van der Waals surface area contributed by atoms with Gasteiger partial charge in [0.15, 0.2) is 10.6 Å². The molecular formula is C33H36N4O6S2. The molecule has 0 radical (unpaired) electrons. The summed E-state index contributed by atoms with van der Waals surface area (Å²) in [6.07, 6.45) is -0.882. The van der Waals surface area contributed by atoms with E-state index >= 15 is 0 Å². The largest absolute Gasteiger partial charge is 0.467 e. The smallest absolute Gasteiger partial charge is 0.328 e. The van der Waals surface area contributed by atoms with Crippen LogP contribution in [0.25, 0.3) is 0 Å². The molecule has 1 aliphatic heterocycles. The maximum atomic E-state index is 13.0. The molecule has 3 aromatic carbocycles. The Labute approximate surface area is 270 Å². The first-order valence-corrected chi connectivity index (χ1v) is 16.4. The summed E-state index contributed by atoms with van der Waals surface area (Å²) in [5, 5.41) is 24.4. The van der Waals surface area contributed by atoms with Crippen LogP contribution >= 0.6 is 23.1 Å². The summed E-state index contributed by atoms with van der Waals surface area (Å²) in [6.45, 7) is 4.00. The zero-order chi connectivity index (χ0) is 31.8. The van der Waals surface area contributed by atoms with Gasteiger partial charge in [0.05, 0.1) is 25.9 Å². The van der Waals surface area contributed by atoms with Gasteiger partial charge in [-0.3, -0.25) is 0 Å². The number of amides is 2. The van der Waals surface area contributed by atoms with Crippen LogP contribution in [0, 0.1) is 12.8 Å². The first-order valence-electron chi connectivity index (χ1n) is 14.6. The fourth-order valence-electron chi connectivity index (χ4n) is 5.07. The number of benzene rings is 3. The van der Waals surface area contributed by atoms with Crippen molar-refractivity contribution < 1.29 is 28.9 Å². The first kappa shape index (κ1) is 32.6. The van der Waals surface area contributed by atoms with Gasteiger partial charge in [-0.25, -0.2) is 9.59 Å². The number of nitrogens with one attached hydrogen (secondary N) is 2. The van der Waals surface area contributed by atoms with Gasteiger partial charge in [0.1, 0.15) is 11.0 Å². The Bertz CT molecular complexity index is 1570. The number of nitrogens with zero attached hydrogens (tertiary/aromatic N) is 2. The van der Waals surface area contributed by atoms with Crippen LogP contribution in [0.1, 0.15) is 46.6 Å². The summed E-state index contributed by atoms with van der Waals surface area (Å²) in [5.74, 6) is 0.124. The van der Waals surface area contributed by atoms with E-state index < -0.39 is 24.3 Å². The van der Waals surface area contributed by atoms with Gasteiger partial charge in [0.25, 0.3) is 0 Å². The van der Waals surface area contributed by atoms with Crippen molar-refractivity contribution in [1.29, 1.82) is 0 Å². The van der Waals surface area contributed by atoms with Gasteiger partial charge >= 0.3 is 12.0 Å². The van der Waals surface area contributed by atoms with E-state index in [1.807, 2.05) is 73.7 Å². The van der Waals surface area contributed by atoms with Gasteiger partial charge in [-0.2, -0.15) is 0 Å². The quantitative estimate of drug-likeness (QED) is 0.136. The van der Waals surface area contributed by atoms with Crippen LogP contribution in [-0.4, -0.2) is 52.3 Å². The van der Waals surface area contributed by atoms with Crippen molar-refractivity contribution in [3.8, 4) is 0 Å². The number of aliphatic hydroxyl groups is 1. The highest BCUT2D eigenvalue weighted by molar-refractivity contribution is 8.01. The summed E-state index contributed by atoms with van der Waals surface area (Å²) in [6, 6.07) is 23.0. The molecule has 0 aliphatic carbocycles. The lowest BCUT2D eigenvalue weighted by molar-refractivity contribution is -0.268. The number of aliphatic hydroxyl groups excluding tert-OH is 1. The van der Waals surface area contributed by atoms with Crippen molar-refractivity contribution in [3.63, 3.8) is 0 Å². The molecule has 10 nitrogen and oxygen atoms in total. The van der Waals surface area contributed by atoms with Crippen molar-refractivity contribution in [2.45, 2.75) is 55.8 Å². The third-order valence-corrected chi connectivity index (χ3v) is 9.55. The third-order valence-electron chi connectivity index (χ3n) is 7.49. The summed E-state index contributed by atoms with van der Waals surface area (Å²) in [7, 11) is 1.29. The van der Waals surface area contributed by atoms with Crippen molar-refractivity contribution in [2.24, 2.45) is 5.92 Å². The molecule has 2 amide bonds. The Hall–Kier alpha value is -3.81. The Morgan fingerprint density at radius 2 is 1.78 bits per heavy atom. The normalized spacial score (nSPS) is 20.3. The molecule has 5 atom stereocenters. The average Bonchev–Trinajstić information content (AvgIpc) is 3.49. The molecule has 0 spiro atoms. The number of carbonyl (C=O) groups is 2. The predicted molar refractivity (Wildman–Crippen MR) is 173 cm³/mol. The van der Waals surface area contributed by atoms with Gasteiger partial charge < -0.3 is 30.0 Å². The fraction of sp³-hybridized carbons (Fsp3) is 0.333. The number of rotatable bonds is 11. The van der Waals surface area contributed by atoms with E-state index in [1.165, 1.54) is 7.11 Å². The number of anilines is 1. The zero-order valence-corrected chi connectivity index (χ0v) is 26.8. The SMILES string of the molecule is COC(=O)[C@H](Cc1ccccc1)NC(=O)Nc1cccc([C@@H]2O[C@H](CSc3nnc(C)s3)[C@H](C)[C@H](c3ccc(CO)cc3)O2)c1. The first-order chi connectivity index (χ1) is 21.8. The Kier molecular flexibility index (Phi) is 11.2. The van der Waals surface area contributed by atoms with E-state index in [-0.39, 0.29) is 24.7 Å². The molecule has 12 heteroatoms. The molecule has 0 saturated carbocycles. The lowest BCUT2D eigenvalue weighted by atomic mass is 9.91. The lowest BCUT2D eigenvalue weighted by Gasteiger charge is -2.41. The second-order valence-electron chi connectivity index (χ2n) is 10.7. The second-order valence-corrected chi connectivity index (χ2v) is 13.2. The summed E-state index contributed by atoms with van der Waals surface area (Å²) in [4.78, 5) is 25.4. The van der Waals surface area contributed by atoms with E-state index in [0.29, 0.717) is 17.9 Å². The number of hydrogen-bond acceptors (Lipinski definition) is 10. The Morgan fingerprint density at radius 3 is 2.47 bits per heavy atom. The van der Waals surface area contributed by atoms with Crippen LogP contribution in [0.15, 0.2) is 83.2 Å². The third kappa shape index (κ3) is 8.68. The molecule has 0 bridgehead atoms. The average molecular weight is 649 g/mol. The zero-order valence-electron chi connectivity index (χ0n) is 25.2. The van der Waals surface area contributed by atoms with Crippen LogP contribution in [-0.2, 0) is 32.0 Å². The highest BCUT2D eigenvalue weighted by Crippen LogP contribution is 2.43. The number of aromatic nitrogens is 2. The monoisotopic (exact) mass is 648 g/mol. The molecule has 1 fully saturated rings.